The summed E-state index contributed by atoms with van der Waals surface area (Å²) in [5, 5.41) is 3.11. The average molecular weight is 474 g/mol. The first kappa shape index (κ1) is 23.0. The molecule has 1 aromatic heterocycles. The highest BCUT2D eigenvalue weighted by molar-refractivity contribution is 5.95. The van der Waals surface area contributed by atoms with Crippen molar-refractivity contribution in [3.05, 3.63) is 53.7 Å². The molecule has 34 heavy (non-hydrogen) atoms. The van der Waals surface area contributed by atoms with Crippen molar-refractivity contribution in [3.8, 4) is 0 Å². The van der Waals surface area contributed by atoms with Gasteiger partial charge in [-0.3, -0.25) is 9.80 Å². The fourth-order valence-corrected chi connectivity index (χ4v) is 5.67. The van der Waals surface area contributed by atoms with E-state index in [0.717, 1.165) is 38.2 Å². The number of alkyl halides is 3. The van der Waals surface area contributed by atoms with E-state index < -0.39 is 17.3 Å². The Kier molecular flexibility index (Phi) is 5.50. The summed E-state index contributed by atoms with van der Waals surface area (Å²) in [4.78, 5) is 22.4. The number of urea groups is 1. The average Bonchev–Trinajstić information content (AvgIpc) is 3.09. The second-order valence-corrected chi connectivity index (χ2v) is 9.99. The van der Waals surface area contributed by atoms with Gasteiger partial charge in [-0.25, -0.2) is 9.78 Å². The Morgan fingerprint density at radius 2 is 1.74 bits per heavy atom. The summed E-state index contributed by atoms with van der Waals surface area (Å²) in [5.41, 5.74) is 0.0713. The Balaban J connectivity index is 1.38. The Morgan fingerprint density at radius 1 is 1.06 bits per heavy atom. The van der Waals surface area contributed by atoms with E-state index in [0.29, 0.717) is 19.6 Å². The Morgan fingerprint density at radius 3 is 2.29 bits per heavy atom. The van der Waals surface area contributed by atoms with Gasteiger partial charge >= 0.3 is 12.2 Å². The number of pyridine rings is 1. The molecule has 1 aromatic carbocycles. The van der Waals surface area contributed by atoms with Crippen LogP contribution < -0.4 is 15.1 Å². The molecule has 1 saturated carbocycles. The van der Waals surface area contributed by atoms with Crippen LogP contribution in [0.2, 0.25) is 0 Å². The Labute approximate surface area is 197 Å². The second-order valence-electron chi connectivity index (χ2n) is 9.99. The van der Waals surface area contributed by atoms with Gasteiger partial charge in [0.1, 0.15) is 11.4 Å². The molecule has 2 aromatic rings. The minimum atomic E-state index is -4.53. The van der Waals surface area contributed by atoms with Gasteiger partial charge in [-0.1, -0.05) is 30.3 Å². The maximum Gasteiger partial charge on any atom is 0.420 e. The largest absolute Gasteiger partial charge is 0.420 e. The molecule has 3 aliphatic rings. The number of nitrogens with one attached hydrogen (secondary N) is 1. The smallest absolute Gasteiger partial charge is 0.356 e. The van der Waals surface area contributed by atoms with E-state index in [-0.39, 0.29) is 23.1 Å². The summed E-state index contributed by atoms with van der Waals surface area (Å²) in [7, 11) is 4.16. The van der Waals surface area contributed by atoms with Crippen molar-refractivity contribution in [1.82, 2.24) is 15.2 Å². The highest BCUT2D eigenvalue weighted by atomic mass is 19.4. The third kappa shape index (κ3) is 3.79. The zero-order chi connectivity index (χ0) is 24.1. The van der Waals surface area contributed by atoms with Crippen molar-refractivity contribution in [2.75, 3.05) is 43.5 Å². The van der Waals surface area contributed by atoms with Crippen LogP contribution in [0, 0.1) is 0 Å². The lowest BCUT2D eigenvalue weighted by atomic mass is 9.69. The summed E-state index contributed by atoms with van der Waals surface area (Å²) >= 11 is 0. The minimum absolute atomic E-state index is 0.0480. The quantitative estimate of drug-likeness (QED) is 0.705. The Hall–Kier alpha value is -2.81. The molecule has 1 aliphatic carbocycles. The molecule has 5 rings (SSSR count). The van der Waals surface area contributed by atoms with Gasteiger partial charge in [0.2, 0.25) is 0 Å². The lowest BCUT2D eigenvalue weighted by molar-refractivity contribution is -0.137. The van der Waals surface area contributed by atoms with Crippen LogP contribution in [0.5, 0.6) is 0 Å². The number of amides is 2. The monoisotopic (exact) mass is 473 g/mol. The lowest BCUT2D eigenvalue weighted by Crippen LogP contribution is -2.54. The maximum absolute atomic E-state index is 13.8. The third-order valence-corrected chi connectivity index (χ3v) is 7.90. The molecule has 1 spiro atoms. The van der Waals surface area contributed by atoms with Gasteiger partial charge < -0.3 is 10.2 Å². The second kappa shape index (κ2) is 8.15. The normalized spacial score (nSPS) is 27.3. The molecule has 2 aliphatic heterocycles. The number of benzene rings is 1. The van der Waals surface area contributed by atoms with Crippen LogP contribution in [0.3, 0.4) is 0 Å². The molecule has 9 heteroatoms. The number of halogens is 3. The fourth-order valence-electron chi connectivity index (χ4n) is 5.67. The molecule has 2 saturated heterocycles. The van der Waals surface area contributed by atoms with Gasteiger partial charge in [0.05, 0.1) is 24.0 Å². The summed E-state index contributed by atoms with van der Waals surface area (Å²) in [6.07, 6.45) is 0.902. The van der Waals surface area contributed by atoms with E-state index in [9.17, 15) is 18.0 Å². The first-order chi connectivity index (χ1) is 16.1. The van der Waals surface area contributed by atoms with Crippen LogP contribution in [0.15, 0.2) is 42.6 Å². The molecular weight excluding hydrogens is 443 g/mol. The van der Waals surface area contributed by atoms with Crippen molar-refractivity contribution in [1.29, 1.82) is 0 Å². The molecule has 0 unspecified atom stereocenters. The zero-order valence-corrected chi connectivity index (χ0v) is 19.5. The number of nitrogens with zero attached hydrogens (tertiary/aromatic N) is 4. The molecule has 182 valence electrons. The number of hydrogen-bond acceptors (Lipinski definition) is 4. The van der Waals surface area contributed by atoms with Gasteiger partial charge in [-0.05, 0) is 57.8 Å². The fraction of sp³-hybridized carbons (Fsp3) is 0.520. The predicted octanol–water partition coefficient (Wildman–Crippen LogP) is 4.61. The number of carbonyl (C=O) groups excluding carboxylic acids is 1. The first-order valence-electron chi connectivity index (χ1n) is 11.8. The molecule has 0 atom stereocenters. The van der Waals surface area contributed by atoms with Crippen LogP contribution in [0.25, 0.3) is 0 Å². The summed E-state index contributed by atoms with van der Waals surface area (Å²) in [6.45, 7) is 1.47. The Bertz CT molecular complexity index is 1060. The van der Waals surface area contributed by atoms with Crippen molar-refractivity contribution >= 4 is 17.5 Å². The van der Waals surface area contributed by atoms with Crippen LogP contribution in [-0.4, -0.2) is 55.2 Å². The van der Waals surface area contributed by atoms with Crippen molar-refractivity contribution in [2.45, 2.75) is 49.4 Å². The predicted molar refractivity (Wildman–Crippen MR) is 125 cm³/mol. The lowest BCUT2D eigenvalue weighted by Gasteiger charge is -2.48. The summed E-state index contributed by atoms with van der Waals surface area (Å²) < 4.78 is 41.4. The highest BCUT2D eigenvalue weighted by Gasteiger charge is 2.50. The third-order valence-electron chi connectivity index (χ3n) is 7.90. The van der Waals surface area contributed by atoms with E-state index in [1.165, 1.54) is 16.7 Å². The van der Waals surface area contributed by atoms with E-state index >= 15 is 0 Å². The minimum Gasteiger partial charge on any atom is -0.356 e. The van der Waals surface area contributed by atoms with Crippen LogP contribution in [0.4, 0.5) is 29.5 Å². The molecule has 6 nitrogen and oxygen atoms in total. The standard InChI is InChI=1S/C25H30F3N5O/c1-31(2)24(18-7-4-3-5-8-18)11-9-23(10-12-24)17-33(22(34)30-23)19-15-20(25(26,27)28)21(29-16-19)32-13-6-14-32/h3-5,7-8,15-16H,6,9-14,17H2,1-2H3,(H,30,34). The highest BCUT2D eigenvalue weighted by Crippen LogP contribution is 2.47. The van der Waals surface area contributed by atoms with Crippen molar-refractivity contribution in [2.24, 2.45) is 0 Å². The molecular formula is C25H30F3N5O. The number of aromatic nitrogens is 1. The van der Waals surface area contributed by atoms with E-state index in [4.69, 9.17) is 0 Å². The van der Waals surface area contributed by atoms with E-state index in [1.807, 2.05) is 18.2 Å². The number of rotatable bonds is 4. The van der Waals surface area contributed by atoms with Crippen LogP contribution in [0.1, 0.15) is 43.2 Å². The SMILES string of the molecule is CN(C)C1(c2ccccc2)CCC2(CC1)CN(c1cnc(N3CCC3)c(C(F)(F)F)c1)C(=O)N2. The number of anilines is 2. The van der Waals surface area contributed by atoms with Gasteiger partial charge in [-0.15, -0.1) is 0 Å². The van der Waals surface area contributed by atoms with Crippen LogP contribution in [-0.2, 0) is 11.7 Å². The number of carbonyl (C=O) groups is 1. The van der Waals surface area contributed by atoms with Crippen molar-refractivity contribution in [3.63, 3.8) is 0 Å². The zero-order valence-electron chi connectivity index (χ0n) is 19.5. The van der Waals surface area contributed by atoms with Gasteiger partial charge in [-0.2, -0.15) is 13.2 Å². The van der Waals surface area contributed by atoms with Gasteiger partial charge in [0.15, 0.2) is 0 Å². The van der Waals surface area contributed by atoms with Crippen LogP contribution >= 0.6 is 0 Å². The van der Waals surface area contributed by atoms with Crippen molar-refractivity contribution < 1.29 is 18.0 Å². The maximum atomic E-state index is 13.8. The topological polar surface area (TPSA) is 51.7 Å². The van der Waals surface area contributed by atoms with E-state index in [1.54, 1.807) is 4.90 Å². The molecule has 1 N–H and O–H groups in total. The number of hydrogen-bond donors (Lipinski definition) is 1. The van der Waals surface area contributed by atoms with Gasteiger partial charge in [0.25, 0.3) is 0 Å². The summed E-state index contributed by atoms with van der Waals surface area (Å²) in [5.74, 6) is -0.0480. The molecule has 0 radical (unpaired) electrons. The molecule has 3 heterocycles. The van der Waals surface area contributed by atoms with Gasteiger partial charge in [0, 0.05) is 18.6 Å². The molecule has 2 amide bonds. The first-order valence-corrected chi connectivity index (χ1v) is 11.8. The molecule has 3 fully saturated rings. The summed E-state index contributed by atoms with van der Waals surface area (Å²) in [6, 6.07) is 11.1. The molecule has 0 bridgehead atoms. The van der Waals surface area contributed by atoms with E-state index in [2.05, 4.69) is 41.4 Å².